The lowest BCUT2D eigenvalue weighted by molar-refractivity contribution is -0.253. The molecule has 1 heterocycles. The predicted octanol–water partition coefficient (Wildman–Crippen LogP) is 4.58. The highest BCUT2D eigenvalue weighted by Gasteiger charge is 2.45. The molecule has 0 amide bonds. The van der Waals surface area contributed by atoms with E-state index in [9.17, 15) is 0 Å². The largest absolute Gasteiger partial charge is 0.213 e. The fourth-order valence-corrected chi connectivity index (χ4v) is 4.87. The highest BCUT2D eigenvalue weighted by atomic mass is 16.8. The van der Waals surface area contributed by atoms with Gasteiger partial charge in [-0.2, -0.15) is 11.0 Å². The fourth-order valence-electron chi connectivity index (χ4n) is 4.87. The Bertz CT molecular complexity index is 598. The summed E-state index contributed by atoms with van der Waals surface area (Å²) >= 11 is 0. The van der Waals surface area contributed by atoms with E-state index < -0.39 is 0 Å². The number of hydrogen-bond acceptors (Lipinski definition) is 3. The van der Waals surface area contributed by atoms with Crippen LogP contribution in [0.1, 0.15) is 55.2 Å². The minimum Gasteiger partial charge on any atom is -0.213 e. The van der Waals surface area contributed by atoms with Crippen molar-refractivity contribution < 1.29 is 4.94 Å². The molecule has 1 saturated heterocycles. The molecule has 2 N–H and O–H groups in total. The second-order valence-corrected chi connectivity index (χ2v) is 7.16. The molecule has 1 saturated carbocycles. The van der Waals surface area contributed by atoms with Gasteiger partial charge in [-0.15, -0.1) is 0 Å². The van der Waals surface area contributed by atoms with E-state index in [4.69, 9.17) is 10.8 Å². The molecule has 1 aliphatic carbocycles. The van der Waals surface area contributed by atoms with Crippen LogP contribution in [-0.4, -0.2) is 11.1 Å². The van der Waals surface area contributed by atoms with Crippen molar-refractivity contribution in [3.63, 3.8) is 0 Å². The second kappa shape index (κ2) is 7.06. The van der Waals surface area contributed by atoms with E-state index in [0.29, 0.717) is 17.9 Å². The van der Waals surface area contributed by atoms with Crippen LogP contribution in [0, 0.1) is 5.92 Å². The van der Waals surface area contributed by atoms with Gasteiger partial charge in [-0.05, 0) is 42.2 Å². The summed E-state index contributed by atoms with van der Waals surface area (Å²) in [5.74, 6) is 6.95. The Morgan fingerprint density at radius 3 is 2.12 bits per heavy atom. The average molecular weight is 322 g/mol. The van der Waals surface area contributed by atoms with Crippen molar-refractivity contribution >= 4 is 0 Å². The van der Waals surface area contributed by atoms with Crippen molar-refractivity contribution in [1.82, 2.24) is 5.06 Å². The van der Waals surface area contributed by atoms with Crippen LogP contribution in [0.25, 0.3) is 0 Å². The quantitative estimate of drug-likeness (QED) is 0.841. The molecule has 0 aromatic heterocycles. The summed E-state index contributed by atoms with van der Waals surface area (Å²) in [7, 11) is 0. The van der Waals surface area contributed by atoms with Crippen LogP contribution in [0.15, 0.2) is 60.7 Å². The molecular formula is C21H26N2O. The number of piperidine rings is 1. The summed E-state index contributed by atoms with van der Waals surface area (Å²) in [4.78, 5) is 5.45. The Morgan fingerprint density at radius 2 is 1.46 bits per heavy atom. The van der Waals surface area contributed by atoms with Crippen molar-refractivity contribution in [2.75, 3.05) is 0 Å². The maximum Gasteiger partial charge on any atom is 0.0630 e. The highest BCUT2D eigenvalue weighted by Crippen LogP contribution is 2.50. The van der Waals surface area contributed by atoms with Gasteiger partial charge in [0.15, 0.2) is 0 Å². The third kappa shape index (κ3) is 2.88. The molecular weight excluding hydrogens is 296 g/mol. The Morgan fingerprint density at radius 1 is 0.833 bits per heavy atom. The first kappa shape index (κ1) is 15.8. The third-order valence-corrected chi connectivity index (χ3v) is 5.94. The van der Waals surface area contributed by atoms with E-state index in [2.05, 4.69) is 65.7 Å². The summed E-state index contributed by atoms with van der Waals surface area (Å²) in [6, 6.07) is 22.3. The molecule has 2 aliphatic rings. The summed E-state index contributed by atoms with van der Waals surface area (Å²) < 4.78 is 0. The van der Waals surface area contributed by atoms with E-state index in [1.807, 2.05) is 0 Å². The van der Waals surface area contributed by atoms with Gasteiger partial charge in [0.2, 0.25) is 0 Å². The molecule has 2 fully saturated rings. The smallest absolute Gasteiger partial charge is 0.0630 e. The molecule has 0 spiro atoms. The van der Waals surface area contributed by atoms with Crippen molar-refractivity contribution in [1.29, 1.82) is 0 Å². The highest BCUT2D eigenvalue weighted by molar-refractivity contribution is 5.26. The number of nitrogens with two attached hydrogens (primary N) is 1. The first-order valence-electron chi connectivity index (χ1n) is 9.13. The van der Waals surface area contributed by atoms with Gasteiger partial charge in [0.05, 0.1) is 6.04 Å². The zero-order valence-electron chi connectivity index (χ0n) is 14.1. The number of hydroxylamine groups is 2. The number of nitrogens with zero attached hydrogens (tertiary/aromatic N) is 1. The van der Waals surface area contributed by atoms with Gasteiger partial charge in [-0.1, -0.05) is 73.5 Å². The normalized spacial score (nSPS) is 30.7. The first-order chi connectivity index (χ1) is 11.9. The zero-order valence-corrected chi connectivity index (χ0v) is 14.1. The lowest BCUT2D eigenvalue weighted by Gasteiger charge is -2.50. The van der Waals surface area contributed by atoms with Gasteiger partial charge >= 0.3 is 0 Å². The third-order valence-electron chi connectivity index (χ3n) is 5.94. The van der Waals surface area contributed by atoms with Crippen LogP contribution in [-0.2, 0) is 4.94 Å². The summed E-state index contributed by atoms with van der Waals surface area (Å²) in [6.07, 6.45) is 6.09. The molecule has 2 aromatic carbocycles. The van der Waals surface area contributed by atoms with Crippen molar-refractivity contribution in [3.05, 3.63) is 71.8 Å². The number of rotatable bonds is 3. The number of fused-ring (bicyclic) bond motifs is 1. The molecule has 3 heteroatoms. The molecule has 0 bridgehead atoms. The van der Waals surface area contributed by atoms with Gasteiger partial charge in [0.25, 0.3) is 0 Å². The zero-order chi connectivity index (χ0) is 16.4. The van der Waals surface area contributed by atoms with Crippen LogP contribution in [0.2, 0.25) is 0 Å². The Balaban J connectivity index is 1.72. The van der Waals surface area contributed by atoms with E-state index in [-0.39, 0.29) is 6.04 Å². The van der Waals surface area contributed by atoms with Crippen LogP contribution < -0.4 is 5.90 Å². The van der Waals surface area contributed by atoms with Crippen molar-refractivity contribution in [2.24, 2.45) is 11.8 Å². The van der Waals surface area contributed by atoms with E-state index in [1.165, 1.54) is 36.8 Å². The van der Waals surface area contributed by atoms with Gasteiger partial charge < -0.3 is 0 Å². The summed E-state index contributed by atoms with van der Waals surface area (Å²) in [6.45, 7) is 0. The van der Waals surface area contributed by atoms with E-state index in [0.717, 1.165) is 6.42 Å². The van der Waals surface area contributed by atoms with Crippen molar-refractivity contribution in [2.45, 2.75) is 50.1 Å². The van der Waals surface area contributed by atoms with E-state index >= 15 is 0 Å². The molecule has 24 heavy (non-hydrogen) atoms. The van der Waals surface area contributed by atoms with Gasteiger partial charge in [-0.25, -0.2) is 4.94 Å². The fraction of sp³-hybridized carbons (Fsp3) is 0.429. The summed E-state index contributed by atoms with van der Waals surface area (Å²) in [5.41, 5.74) is 2.76. The van der Waals surface area contributed by atoms with E-state index in [1.54, 1.807) is 0 Å². The summed E-state index contributed by atoms with van der Waals surface area (Å²) in [5, 5.41) is 2.10. The van der Waals surface area contributed by atoms with Crippen LogP contribution in [0.3, 0.4) is 0 Å². The minimum atomic E-state index is 0.223. The maximum absolute atomic E-state index is 5.75. The van der Waals surface area contributed by atoms with Gasteiger partial charge in [0, 0.05) is 6.04 Å². The lowest BCUT2D eigenvalue weighted by Crippen LogP contribution is -2.52. The van der Waals surface area contributed by atoms with Crippen LogP contribution in [0.5, 0.6) is 0 Å². The topological polar surface area (TPSA) is 38.5 Å². The average Bonchev–Trinajstić information content (AvgIpc) is 2.68. The standard InChI is InChI=1S/C21H26N2O/c22-24-23-20-14-8-7-13-18(20)19(16-9-3-1-4-10-16)15-21(23)17-11-5-2-6-12-17/h1-6,9-12,18-21H,7-8,13-15,22H2/t18-,19-,20+,21-/m1/s1. The maximum atomic E-state index is 5.75. The SMILES string of the molecule is NON1[C@@H](c2ccccc2)C[C@H](c2ccccc2)[C@H]2CCCC[C@@H]21. The van der Waals surface area contributed by atoms with Crippen LogP contribution in [0.4, 0.5) is 0 Å². The number of hydrogen-bond donors (Lipinski definition) is 1. The molecule has 3 nitrogen and oxygen atoms in total. The van der Waals surface area contributed by atoms with Gasteiger partial charge in [0.1, 0.15) is 0 Å². The van der Waals surface area contributed by atoms with Gasteiger partial charge in [-0.3, -0.25) is 0 Å². The predicted molar refractivity (Wildman–Crippen MR) is 95.8 cm³/mol. The lowest BCUT2D eigenvalue weighted by atomic mass is 9.67. The van der Waals surface area contributed by atoms with Crippen LogP contribution >= 0.6 is 0 Å². The first-order valence-corrected chi connectivity index (χ1v) is 9.13. The minimum absolute atomic E-state index is 0.223. The number of benzene rings is 2. The molecule has 0 radical (unpaired) electrons. The molecule has 4 rings (SSSR count). The molecule has 4 atom stereocenters. The molecule has 1 aliphatic heterocycles. The molecule has 126 valence electrons. The Hall–Kier alpha value is -1.68. The Labute approximate surface area is 144 Å². The Kier molecular flexibility index (Phi) is 4.65. The second-order valence-electron chi connectivity index (χ2n) is 7.16. The molecule has 2 aromatic rings. The molecule has 0 unspecified atom stereocenters. The van der Waals surface area contributed by atoms with Crippen molar-refractivity contribution in [3.8, 4) is 0 Å². The monoisotopic (exact) mass is 322 g/mol.